The first-order valence-corrected chi connectivity index (χ1v) is 5.73. The van der Waals surface area contributed by atoms with E-state index in [1.54, 1.807) is 7.05 Å². The van der Waals surface area contributed by atoms with E-state index in [1.807, 2.05) is 0 Å². The Labute approximate surface area is 102 Å². The molecule has 0 aliphatic carbocycles. The second-order valence-electron chi connectivity index (χ2n) is 4.55. The van der Waals surface area contributed by atoms with Crippen molar-refractivity contribution in [2.24, 2.45) is 5.73 Å². The fraction of sp³-hybridized carbons (Fsp3) is 0.750. The second kappa shape index (κ2) is 6.01. The normalized spacial score (nSPS) is 20.4. The van der Waals surface area contributed by atoms with Gasteiger partial charge in [0.2, 0.25) is 5.91 Å². The summed E-state index contributed by atoms with van der Waals surface area (Å²) in [6.45, 7) is 1.32. The quantitative estimate of drug-likeness (QED) is 0.639. The van der Waals surface area contributed by atoms with Crippen LogP contribution in [-0.2, 0) is 9.53 Å². The van der Waals surface area contributed by atoms with Crippen molar-refractivity contribution in [1.29, 1.82) is 0 Å². The largest absolute Gasteiger partial charge is 0.388 e. The first-order chi connectivity index (χ1) is 7.98. The maximum absolute atomic E-state index is 11.8. The van der Waals surface area contributed by atoms with Crippen LogP contribution in [0.4, 0.5) is 0 Å². The van der Waals surface area contributed by atoms with Crippen molar-refractivity contribution in [1.82, 2.24) is 4.90 Å². The molecule has 1 atom stereocenters. The number of amides is 1. The lowest BCUT2D eigenvalue weighted by Gasteiger charge is -2.36. The molecule has 1 heterocycles. The van der Waals surface area contributed by atoms with Crippen LogP contribution in [0.1, 0.15) is 19.3 Å². The zero-order valence-corrected chi connectivity index (χ0v) is 10.2. The minimum atomic E-state index is -0.863. The summed E-state index contributed by atoms with van der Waals surface area (Å²) >= 11 is 0. The molecule has 0 aromatic carbocycles. The van der Waals surface area contributed by atoms with E-state index in [0.717, 1.165) is 0 Å². The minimum Gasteiger partial charge on any atom is -0.388 e. The highest BCUT2D eigenvalue weighted by atomic mass is 16.5. The van der Waals surface area contributed by atoms with E-state index in [-0.39, 0.29) is 18.9 Å². The van der Waals surface area contributed by atoms with Crippen molar-refractivity contribution in [3.63, 3.8) is 0 Å². The summed E-state index contributed by atoms with van der Waals surface area (Å²) < 4.78 is 5.18. The molecule has 3 N–H and O–H groups in total. The van der Waals surface area contributed by atoms with Crippen LogP contribution in [0.2, 0.25) is 0 Å². The maximum Gasteiger partial charge on any atom is 0.240 e. The van der Waals surface area contributed by atoms with Crippen molar-refractivity contribution in [3.8, 4) is 12.3 Å². The standard InChI is InChI=1S/C12H20N2O3/c1-3-4-10(13)11(15)14(2)9-12(16)5-7-17-8-6-12/h1,10,16H,4-9,13H2,2H3. The summed E-state index contributed by atoms with van der Waals surface area (Å²) in [5.74, 6) is 2.13. The number of nitrogens with zero attached hydrogens (tertiary/aromatic N) is 1. The summed E-state index contributed by atoms with van der Waals surface area (Å²) in [5, 5.41) is 10.2. The van der Waals surface area contributed by atoms with Gasteiger partial charge in [-0.1, -0.05) is 0 Å². The third kappa shape index (κ3) is 4.00. The molecule has 17 heavy (non-hydrogen) atoms. The molecule has 96 valence electrons. The summed E-state index contributed by atoms with van der Waals surface area (Å²) in [6.07, 6.45) is 6.40. The highest BCUT2D eigenvalue weighted by Gasteiger charge is 2.33. The molecule has 1 saturated heterocycles. The molecule has 1 unspecified atom stereocenters. The molecule has 1 rings (SSSR count). The Hall–Kier alpha value is -1.09. The number of aliphatic hydroxyl groups is 1. The smallest absolute Gasteiger partial charge is 0.240 e. The topological polar surface area (TPSA) is 75.8 Å². The van der Waals surface area contributed by atoms with Crippen molar-refractivity contribution in [2.45, 2.75) is 30.9 Å². The lowest BCUT2D eigenvalue weighted by molar-refractivity contribution is -0.137. The predicted octanol–water partition coefficient (Wildman–Crippen LogP) is -0.663. The number of ether oxygens (including phenoxy) is 1. The van der Waals surface area contributed by atoms with Gasteiger partial charge < -0.3 is 20.5 Å². The molecule has 5 heteroatoms. The molecule has 1 fully saturated rings. The van der Waals surface area contributed by atoms with Gasteiger partial charge >= 0.3 is 0 Å². The van der Waals surface area contributed by atoms with E-state index in [2.05, 4.69) is 5.92 Å². The molecule has 0 spiro atoms. The zero-order valence-electron chi connectivity index (χ0n) is 10.2. The van der Waals surface area contributed by atoms with Crippen LogP contribution in [0, 0.1) is 12.3 Å². The number of terminal acetylenes is 1. The van der Waals surface area contributed by atoms with Gasteiger partial charge in [0.05, 0.1) is 11.6 Å². The van der Waals surface area contributed by atoms with Gasteiger partial charge in [0.15, 0.2) is 0 Å². The molecule has 0 saturated carbocycles. The van der Waals surface area contributed by atoms with Gasteiger partial charge in [-0.05, 0) is 0 Å². The third-order valence-corrected chi connectivity index (χ3v) is 2.99. The Kier molecular flexibility index (Phi) is 4.94. The monoisotopic (exact) mass is 240 g/mol. The van der Waals surface area contributed by atoms with E-state index in [1.165, 1.54) is 4.90 Å². The SMILES string of the molecule is C#CCC(N)C(=O)N(C)CC1(O)CCOCC1. The average Bonchev–Trinajstić information content (AvgIpc) is 2.28. The van der Waals surface area contributed by atoms with Crippen LogP contribution >= 0.6 is 0 Å². The first-order valence-electron chi connectivity index (χ1n) is 5.73. The summed E-state index contributed by atoms with van der Waals surface area (Å²) in [6, 6.07) is -0.687. The molecule has 0 bridgehead atoms. The number of nitrogens with two attached hydrogens (primary N) is 1. The van der Waals surface area contributed by atoms with Gasteiger partial charge in [-0.3, -0.25) is 4.79 Å². The lowest BCUT2D eigenvalue weighted by atomic mass is 9.93. The van der Waals surface area contributed by atoms with Crippen LogP contribution in [-0.4, -0.2) is 54.4 Å². The Morgan fingerprint density at radius 2 is 2.24 bits per heavy atom. The highest BCUT2D eigenvalue weighted by Crippen LogP contribution is 2.21. The molecule has 5 nitrogen and oxygen atoms in total. The summed E-state index contributed by atoms with van der Waals surface area (Å²) in [7, 11) is 1.63. The number of hydrogen-bond acceptors (Lipinski definition) is 4. The first kappa shape index (κ1) is 14.0. The summed E-state index contributed by atoms with van der Waals surface area (Å²) in [5.41, 5.74) is 4.77. The second-order valence-corrected chi connectivity index (χ2v) is 4.55. The third-order valence-electron chi connectivity index (χ3n) is 2.99. The van der Waals surface area contributed by atoms with Gasteiger partial charge in [-0.15, -0.1) is 12.3 Å². The number of carbonyl (C=O) groups excluding carboxylic acids is 1. The fourth-order valence-corrected chi connectivity index (χ4v) is 1.93. The van der Waals surface area contributed by atoms with Gasteiger partial charge in [0, 0.05) is 46.1 Å². The van der Waals surface area contributed by atoms with Gasteiger partial charge in [-0.25, -0.2) is 0 Å². The molecule has 0 aromatic rings. The Bertz CT molecular complexity index is 305. The van der Waals surface area contributed by atoms with Crippen LogP contribution in [0.25, 0.3) is 0 Å². The molecule has 1 amide bonds. The van der Waals surface area contributed by atoms with Crippen molar-refractivity contribution < 1.29 is 14.6 Å². The van der Waals surface area contributed by atoms with Crippen LogP contribution in [0.5, 0.6) is 0 Å². The number of hydrogen-bond donors (Lipinski definition) is 2. The number of rotatable bonds is 4. The molecular weight excluding hydrogens is 220 g/mol. The van der Waals surface area contributed by atoms with Gasteiger partial charge in [-0.2, -0.15) is 0 Å². The number of likely N-dealkylation sites (N-methyl/N-ethyl adjacent to an activating group) is 1. The van der Waals surface area contributed by atoms with E-state index in [4.69, 9.17) is 16.9 Å². The minimum absolute atomic E-state index is 0.213. The molecule has 0 radical (unpaired) electrons. The zero-order chi connectivity index (χ0) is 12.9. The Morgan fingerprint density at radius 3 is 2.76 bits per heavy atom. The van der Waals surface area contributed by atoms with Gasteiger partial charge in [0.1, 0.15) is 0 Å². The molecule has 1 aliphatic heterocycles. The van der Waals surface area contributed by atoms with E-state index >= 15 is 0 Å². The molecule has 0 aromatic heterocycles. The Morgan fingerprint density at radius 1 is 1.65 bits per heavy atom. The van der Waals surface area contributed by atoms with Crippen LogP contribution < -0.4 is 5.73 Å². The van der Waals surface area contributed by atoms with Gasteiger partial charge in [0.25, 0.3) is 0 Å². The van der Waals surface area contributed by atoms with E-state index in [0.29, 0.717) is 26.1 Å². The number of carbonyl (C=O) groups is 1. The van der Waals surface area contributed by atoms with Crippen LogP contribution in [0.3, 0.4) is 0 Å². The highest BCUT2D eigenvalue weighted by molar-refractivity contribution is 5.81. The van der Waals surface area contributed by atoms with Crippen molar-refractivity contribution in [3.05, 3.63) is 0 Å². The average molecular weight is 240 g/mol. The van der Waals surface area contributed by atoms with Crippen molar-refractivity contribution >= 4 is 5.91 Å². The predicted molar refractivity (Wildman–Crippen MR) is 64.1 cm³/mol. The van der Waals surface area contributed by atoms with E-state index in [9.17, 15) is 9.90 Å². The van der Waals surface area contributed by atoms with Crippen molar-refractivity contribution in [2.75, 3.05) is 26.8 Å². The summed E-state index contributed by atoms with van der Waals surface area (Å²) in [4.78, 5) is 13.3. The maximum atomic E-state index is 11.8. The van der Waals surface area contributed by atoms with E-state index < -0.39 is 11.6 Å². The lowest BCUT2D eigenvalue weighted by Crippen LogP contribution is -2.51. The Balaban J connectivity index is 2.50. The fourth-order valence-electron chi connectivity index (χ4n) is 1.93. The van der Waals surface area contributed by atoms with Crippen LogP contribution in [0.15, 0.2) is 0 Å². The molecular formula is C12H20N2O3. The molecule has 1 aliphatic rings.